The quantitative estimate of drug-likeness (QED) is 0.623. The molecule has 2 aromatic rings. The van der Waals surface area contributed by atoms with Crippen LogP contribution in [0.25, 0.3) is 0 Å². The van der Waals surface area contributed by atoms with Gasteiger partial charge < -0.3 is 0 Å². The van der Waals surface area contributed by atoms with Gasteiger partial charge in [0, 0.05) is 18.0 Å². The molecular formula is C11H10F2N4. The van der Waals surface area contributed by atoms with Crippen molar-refractivity contribution in [1.29, 1.82) is 0 Å². The van der Waals surface area contributed by atoms with Gasteiger partial charge in [-0.25, -0.2) is 14.2 Å². The van der Waals surface area contributed by atoms with Crippen molar-refractivity contribution < 1.29 is 8.78 Å². The van der Waals surface area contributed by atoms with E-state index in [0.29, 0.717) is 5.69 Å². The maximum Gasteiger partial charge on any atom is 0.164 e. The van der Waals surface area contributed by atoms with Crippen LogP contribution in [-0.2, 0) is 0 Å². The predicted molar refractivity (Wildman–Crippen MR) is 57.6 cm³/mol. The van der Waals surface area contributed by atoms with Crippen LogP contribution in [0.1, 0.15) is 17.3 Å². The number of benzene rings is 1. The van der Waals surface area contributed by atoms with Crippen LogP contribution in [0.5, 0.6) is 0 Å². The molecule has 2 rings (SSSR count). The van der Waals surface area contributed by atoms with Gasteiger partial charge in [-0.15, -0.1) is 0 Å². The van der Waals surface area contributed by atoms with Crippen molar-refractivity contribution in [2.45, 2.75) is 6.04 Å². The van der Waals surface area contributed by atoms with Gasteiger partial charge in [0.15, 0.2) is 11.6 Å². The van der Waals surface area contributed by atoms with Crippen molar-refractivity contribution in [3.8, 4) is 0 Å². The largest absolute Gasteiger partial charge is 0.271 e. The Labute approximate surface area is 96.5 Å². The van der Waals surface area contributed by atoms with Crippen molar-refractivity contribution in [1.82, 2.24) is 15.4 Å². The van der Waals surface area contributed by atoms with Gasteiger partial charge in [-0.3, -0.25) is 15.8 Å². The van der Waals surface area contributed by atoms with Crippen LogP contribution in [0, 0.1) is 11.6 Å². The number of nitrogens with zero attached hydrogens (tertiary/aromatic N) is 2. The molecule has 0 saturated carbocycles. The minimum absolute atomic E-state index is 0.0907. The zero-order chi connectivity index (χ0) is 12.3. The minimum Gasteiger partial charge on any atom is -0.271 e. The molecule has 0 aliphatic carbocycles. The summed E-state index contributed by atoms with van der Waals surface area (Å²) in [6.45, 7) is 0. The van der Waals surface area contributed by atoms with Crippen molar-refractivity contribution in [3.05, 3.63) is 59.7 Å². The summed E-state index contributed by atoms with van der Waals surface area (Å²) in [6, 6.07) is 3.16. The third kappa shape index (κ3) is 2.27. The molecule has 0 aliphatic rings. The number of halogens is 2. The molecule has 4 nitrogen and oxygen atoms in total. The first kappa shape index (κ1) is 11.6. The highest BCUT2D eigenvalue weighted by molar-refractivity contribution is 5.28. The molecule has 6 heteroatoms. The van der Waals surface area contributed by atoms with Gasteiger partial charge in [0.25, 0.3) is 0 Å². The minimum atomic E-state index is -0.943. The molecular weight excluding hydrogens is 226 g/mol. The first-order valence-corrected chi connectivity index (χ1v) is 4.90. The molecule has 0 amide bonds. The average molecular weight is 236 g/mol. The smallest absolute Gasteiger partial charge is 0.164 e. The molecule has 1 aromatic heterocycles. The van der Waals surface area contributed by atoms with Crippen LogP contribution in [-0.4, -0.2) is 9.97 Å². The summed E-state index contributed by atoms with van der Waals surface area (Å²) in [5.74, 6) is 3.48. The van der Waals surface area contributed by atoms with Crippen LogP contribution < -0.4 is 11.3 Å². The highest BCUT2D eigenvalue weighted by Crippen LogP contribution is 2.23. The molecule has 0 radical (unpaired) electrons. The maximum absolute atomic E-state index is 13.6. The van der Waals surface area contributed by atoms with E-state index in [4.69, 9.17) is 5.84 Å². The Balaban J connectivity index is 2.46. The van der Waals surface area contributed by atoms with Gasteiger partial charge in [0.05, 0.1) is 17.9 Å². The predicted octanol–water partition coefficient (Wildman–Crippen LogP) is 1.31. The van der Waals surface area contributed by atoms with E-state index in [-0.39, 0.29) is 5.56 Å². The Hall–Kier alpha value is -1.92. The molecule has 17 heavy (non-hydrogen) atoms. The summed E-state index contributed by atoms with van der Waals surface area (Å²) in [7, 11) is 0. The first-order chi connectivity index (χ1) is 8.24. The van der Waals surface area contributed by atoms with Crippen molar-refractivity contribution >= 4 is 0 Å². The highest BCUT2D eigenvalue weighted by atomic mass is 19.2. The third-order valence-corrected chi connectivity index (χ3v) is 2.34. The van der Waals surface area contributed by atoms with Gasteiger partial charge in [0.2, 0.25) is 0 Å². The molecule has 3 N–H and O–H groups in total. The fourth-order valence-electron chi connectivity index (χ4n) is 1.54. The van der Waals surface area contributed by atoms with Crippen LogP contribution in [0.3, 0.4) is 0 Å². The molecule has 0 spiro atoms. The van der Waals surface area contributed by atoms with Gasteiger partial charge in [-0.2, -0.15) is 0 Å². The van der Waals surface area contributed by atoms with Crippen LogP contribution in [0.4, 0.5) is 8.78 Å². The second-order valence-corrected chi connectivity index (χ2v) is 3.37. The van der Waals surface area contributed by atoms with Crippen LogP contribution in [0.2, 0.25) is 0 Å². The Morgan fingerprint density at radius 1 is 1.24 bits per heavy atom. The molecule has 0 saturated heterocycles. The summed E-state index contributed by atoms with van der Waals surface area (Å²) in [5.41, 5.74) is 2.90. The Morgan fingerprint density at radius 2 is 2.06 bits per heavy atom. The van der Waals surface area contributed by atoms with E-state index in [0.717, 1.165) is 6.07 Å². The van der Waals surface area contributed by atoms with Crippen LogP contribution in [0.15, 0.2) is 36.8 Å². The van der Waals surface area contributed by atoms with E-state index in [1.54, 1.807) is 0 Å². The van der Waals surface area contributed by atoms with E-state index < -0.39 is 17.7 Å². The number of rotatable bonds is 3. The number of hydrogen-bond acceptors (Lipinski definition) is 4. The van der Waals surface area contributed by atoms with Crippen molar-refractivity contribution in [3.63, 3.8) is 0 Å². The van der Waals surface area contributed by atoms with Gasteiger partial charge in [0.1, 0.15) is 0 Å². The zero-order valence-electron chi connectivity index (χ0n) is 8.77. The lowest BCUT2D eigenvalue weighted by molar-refractivity contribution is 0.480. The van der Waals surface area contributed by atoms with E-state index in [2.05, 4.69) is 15.4 Å². The standard InChI is InChI=1S/C11H10F2N4/c12-8-3-1-2-7(10(8)13)11(17-14)9-6-15-4-5-16-9/h1-6,11,17H,14H2. The maximum atomic E-state index is 13.6. The van der Waals surface area contributed by atoms with E-state index in [1.165, 1.54) is 30.7 Å². The van der Waals surface area contributed by atoms with Gasteiger partial charge >= 0.3 is 0 Å². The fraction of sp³-hybridized carbons (Fsp3) is 0.0909. The second kappa shape index (κ2) is 4.94. The SMILES string of the molecule is NNC(c1cnccn1)c1cccc(F)c1F. The van der Waals surface area contributed by atoms with Gasteiger partial charge in [-0.05, 0) is 6.07 Å². The number of nitrogens with two attached hydrogens (primary N) is 1. The molecule has 1 aromatic carbocycles. The van der Waals surface area contributed by atoms with E-state index in [1.807, 2.05) is 0 Å². The number of aromatic nitrogens is 2. The first-order valence-electron chi connectivity index (χ1n) is 4.90. The van der Waals surface area contributed by atoms with Crippen molar-refractivity contribution in [2.75, 3.05) is 0 Å². The molecule has 0 bridgehead atoms. The Bertz CT molecular complexity index is 504. The summed E-state index contributed by atoms with van der Waals surface area (Å²) in [5, 5.41) is 0. The number of hydrazine groups is 1. The second-order valence-electron chi connectivity index (χ2n) is 3.37. The fourth-order valence-corrected chi connectivity index (χ4v) is 1.54. The molecule has 0 fully saturated rings. The van der Waals surface area contributed by atoms with E-state index >= 15 is 0 Å². The summed E-state index contributed by atoms with van der Waals surface area (Å²) in [6.07, 6.45) is 4.38. The number of nitrogens with one attached hydrogen (secondary N) is 1. The lowest BCUT2D eigenvalue weighted by Crippen LogP contribution is -2.30. The Morgan fingerprint density at radius 3 is 2.71 bits per heavy atom. The van der Waals surface area contributed by atoms with Gasteiger partial charge in [-0.1, -0.05) is 12.1 Å². The molecule has 1 heterocycles. The average Bonchev–Trinajstić information content (AvgIpc) is 2.37. The molecule has 0 aliphatic heterocycles. The number of hydrogen-bond donors (Lipinski definition) is 2. The Kier molecular flexibility index (Phi) is 3.36. The lowest BCUT2D eigenvalue weighted by Gasteiger charge is -2.16. The molecule has 1 unspecified atom stereocenters. The normalized spacial score (nSPS) is 12.4. The topological polar surface area (TPSA) is 63.8 Å². The third-order valence-electron chi connectivity index (χ3n) is 2.34. The summed E-state index contributed by atoms with van der Waals surface area (Å²) in [4.78, 5) is 7.86. The van der Waals surface area contributed by atoms with E-state index in [9.17, 15) is 8.78 Å². The molecule has 88 valence electrons. The molecule has 1 atom stereocenters. The monoisotopic (exact) mass is 236 g/mol. The summed E-state index contributed by atoms with van der Waals surface area (Å²) < 4.78 is 26.7. The van der Waals surface area contributed by atoms with Crippen molar-refractivity contribution in [2.24, 2.45) is 5.84 Å². The summed E-state index contributed by atoms with van der Waals surface area (Å²) >= 11 is 0. The zero-order valence-corrected chi connectivity index (χ0v) is 8.77. The highest BCUT2D eigenvalue weighted by Gasteiger charge is 2.19. The van der Waals surface area contributed by atoms with Crippen LogP contribution >= 0.6 is 0 Å². The lowest BCUT2D eigenvalue weighted by atomic mass is 10.0.